The van der Waals surface area contributed by atoms with Crippen LogP contribution in [0.25, 0.3) is 0 Å². The van der Waals surface area contributed by atoms with E-state index in [1.54, 1.807) is 34.6 Å². The second kappa shape index (κ2) is 4.09. The van der Waals surface area contributed by atoms with Crippen LogP contribution in [0.5, 0.6) is 0 Å². The molecule has 4 heteroatoms. The maximum Gasteiger partial charge on any atom is 0.348 e. The van der Waals surface area contributed by atoms with Crippen molar-refractivity contribution in [1.82, 2.24) is 0 Å². The van der Waals surface area contributed by atoms with Gasteiger partial charge >= 0.3 is 5.97 Å². The molecule has 14 heavy (non-hydrogen) atoms. The van der Waals surface area contributed by atoms with Crippen molar-refractivity contribution >= 4 is 11.8 Å². The van der Waals surface area contributed by atoms with Gasteiger partial charge in [-0.15, -0.1) is 0 Å². The molecule has 0 saturated carbocycles. The molecule has 0 saturated heterocycles. The van der Waals surface area contributed by atoms with E-state index in [1.807, 2.05) is 0 Å². The van der Waals surface area contributed by atoms with Crippen molar-refractivity contribution in [3.05, 3.63) is 0 Å². The van der Waals surface area contributed by atoms with Gasteiger partial charge in [-0.2, -0.15) is 5.26 Å². The quantitative estimate of drug-likeness (QED) is 0.561. The van der Waals surface area contributed by atoms with E-state index in [0.29, 0.717) is 0 Å². The summed E-state index contributed by atoms with van der Waals surface area (Å²) >= 11 is 0. The average Bonchev–Trinajstić information content (AvgIpc) is 2.00. The lowest BCUT2D eigenvalue weighted by molar-refractivity contribution is -0.244. The zero-order valence-electron chi connectivity index (χ0n) is 9.38. The fourth-order valence-corrected chi connectivity index (χ4v) is 0.862. The Labute approximate surface area is 84.2 Å². The monoisotopic (exact) mass is 202 g/mol. The van der Waals surface area contributed by atoms with Gasteiger partial charge in [0.25, 0.3) is 0 Å². The van der Waals surface area contributed by atoms with Crippen LogP contribution in [0, 0.1) is 10.8 Å². The molecule has 0 aromatic carbocycles. The van der Waals surface area contributed by atoms with Gasteiger partial charge in [-0.05, 0) is 13.8 Å². The molecule has 0 aliphatic heterocycles. The normalized spacial score (nSPS) is 12.4. The lowest BCUT2D eigenvalue weighted by Gasteiger charge is -2.24. The molecule has 0 bridgehead atoms. The van der Waals surface area contributed by atoms with Gasteiger partial charge in [0.15, 0.2) is 0 Å². The first-order valence-electron chi connectivity index (χ1n) is 4.50. The molecular formula is C10H18O4. The molecule has 0 heterocycles. The maximum atomic E-state index is 11.6. The van der Waals surface area contributed by atoms with Gasteiger partial charge in [-0.1, -0.05) is 20.8 Å². The van der Waals surface area contributed by atoms with Crippen LogP contribution in [-0.4, -0.2) is 17.0 Å². The summed E-state index contributed by atoms with van der Waals surface area (Å²) in [6.45, 7) is 8.49. The summed E-state index contributed by atoms with van der Waals surface area (Å²) in [5.74, 6) is -0.817. The Bertz CT molecular complexity index is 235. The van der Waals surface area contributed by atoms with Crippen LogP contribution in [0.15, 0.2) is 0 Å². The molecule has 0 aromatic heterocycles. The van der Waals surface area contributed by atoms with Gasteiger partial charge in [0.1, 0.15) is 5.78 Å². The lowest BCUT2D eigenvalue weighted by Crippen LogP contribution is -2.33. The SMILES string of the molecule is CC(C)(C)C(=O)CC(C)(C)C(=O)OO. The molecule has 4 nitrogen and oxygen atoms in total. The summed E-state index contributed by atoms with van der Waals surface area (Å²) in [5.41, 5.74) is -1.45. The van der Waals surface area contributed by atoms with Gasteiger partial charge < -0.3 is 4.89 Å². The molecule has 0 aromatic rings. The largest absolute Gasteiger partial charge is 0.348 e. The van der Waals surface area contributed by atoms with Crippen molar-refractivity contribution in [2.45, 2.75) is 41.0 Å². The molecule has 0 aliphatic carbocycles. The van der Waals surface area contributed by atoms with Crippen molar-refractivity contribution in [3.8, 4) is 0 Å². The lowest BCUT2D eigenvalue weighted by atomic mass is 9.79. The number of carbonyl (C=O) groups is 2. The zero-order valence-corrected chi connectivity index (χ0v) is 9.38. The first kappa shape index (κ1) is 13.1. The van der Waals surface area contributed by atoms with Crippen LogP contribution in [0.4, 0.5) is 0 Å². The van der Waals surface area contributed by atoms with E-state index in [9.17, 15) is 9.59 Å². The molecule has 0 fully saturated rings. The van der Waals surface area contributed by atoms with E-state index in [1.165, 1.54) is 0 Å². The predicted octanol–water partition coefficient (Wildman–Crippen LogP) is 2.03. The van der Waals surface area contributed by atoms with Crippen LogP contribution < -0.4 is 0 Å². The van der Waals surface area contributed by atoms with E-state index in [2.05, 4.69) is 4.89 Å². The first-order valence-corrected chi connectivity index (χ1v) is 4.50. The Kier molecular flexibility index (Phi) is 3.82. The maximum absolute atomic E-state index is 11.6. The molecule has 1 N–H and O–H groups in total. The summed E-state index contributed by atoms with van der Waals surface area (Å²) in [6, 6.07) is 0. The summed E-state index contributed by atoms with van der Waals surface area (Å²) in [4.78, 5) is 26.3. The van der Waals surface area contributed by atoms with Gasteiger partial charge in [0.2, 0.25) is 0 Å². The molecule has 0 spiro atoms. The first-order chi connectivity index (χ1) is 6.11. The Balaban J connectivity index is 4.53. The molecule has 0 radical (unpaired) electrons. The minimum Gasteiger partial charge on any atom is -0.300 e. The summed E-state index contributed by atoms with van der Waals surface area (Å²) in [7, 11) is 0. The average molecular weight is 202 g/mol. The van der Waals surface area contributed by atoms with Crippen LogP contribution in [0.2, 0.25) is 0 Å². The third kappa shape index (κ3) is 3.46. The van der Waals surface area contributed by atoms with Crippen LogP contribution >= 0.6 is 0 Å². The Morgan fingerprint density at radius 2 is 1.57 bits per heavy atom. The second-order valence-corrected chi connectivity index (χ2v) is 5.11. The highest BCUT2D eigenvalue weighted by Crippen LogP contribution is 2.28. The minimum absolute atomic E-state index is 0.0344. The Morgan fingerprint density at radius 3 is 1.86 bits per heavy atom. The van der Waals surface area contributed by atoms with Crippen LogP contribution in [0.3, 0.4) is 0 Å². The van der Waals surface area contributed by atoms with Crippen LogP contribution in [0.1, 0.15) is 41.0 Å². The zero-order chi connectivity index (χ0) is 11.6. The molecule has 0 amide bonds. The highest BCUT2D eigenvalue weighted by atomic mass is 17.1. The number of carbonyl (C=O) groups excluding carboxylic acids is 2. The van der Waals surface area contributed by atoms with Gasteiger partial charge in [-0.25, -0.2) is 4.79 Å². The fourth-order valence-electron chi connectivity index (χ4n) is 0.862. The van der Waals surface area contributed by atoms with Gasteiger partial charge in [0, 0.05) is 11.8 Å². The summed E-state index contributed by atoms with van der Waals surface area (Å²) < 4.78 is 0. The number of hydrogen-bond donors (Lipinski definition) is 1. The number of ketones is 1. The Hall–Kier alpha value is -0.900. The van der Waals surface area contributed by atoms with Crippen molar-refractivity contribution in [3.63, 3.8) is 0 Å². The van der Waals surface area contributed by atoms with Gasteiger partial charge in [0.05, 0.1) is 5.41 Å². The molecule has 0 unspecified atom stereocenters. The molecule has 0 aliphatic rings. The van der Waals surface area contributed by atoms with Crippen molar-refractivity contribution in [1.29, 1.82) is 0 Å². The third-order valence-corrected chi connectivity index (χ3v) is 2.07. The minimum atomic E-state index is -0.973. The highest BCUT2D eigenvalue weighted by molar-refractivity contribution is 5.89. The number of rotatable bonds is 3. The third-order valence-electron chi connectivity index (χ3n) is 2.07. The Morgan fingerprint density at radius 1 is 1.14 bits per heavy atom. The summed E-state index contributed by atoms with van der Waals surface area (Å²) in [5, 5.41) is 8.23. The van der Waals surface area contributed by atoms with E-state index in [4.69, 9.17) is 5.26 Å². The number of Topliss-reactive ketones (excluding diaryl/α,β-unsaturated/α-hetero) is 1. The summed E-state index contributed by atoms with van der Waals surface area (Å²) in [6.07, 6.45) is 0.0654. The topological polar surface area (TPSA) is 63.6 Å². The smallest absolute Gasteiger partial charge is 0.300 e. The fraction of sp³-hybridized carbons (Fsp3) is 0.800. The highest BCUT2D eigenvalue weighted by Gasteiger charge is 2.36. The molecule has 0 atom stereocenters. The standard InChI is InChI=1S/C10H18O4/c1-9(2,3)7(11)6-10(4,5)8(12)14-13/h13H,6H2,1-5H3. The van der Waals surface area contributed by atoms with Gasteiger partial charge in [-0.3, -0.25) is 4.79 Å². The predicted molar refractivity (Wildman–Crippen MR) is 51.6 cm³/mol. The van der Waals surface area contributed by atoms with E-state index < -0.39 is 16.8 Å². The van der Waals surface area contributed by atoms with E-state index in [-0.39, 0.29) is 12.2 Å². The van der Waals surface area contributed by atoms with Crippen molar-refractivity contribution in [2.75, 3.05) is 0 Å². The van der Waals surface area contributed by atoms with Crippen LogP contribution in [-0.2, 0) is 14.5 Å². The van der Waals surface area contributed by atoms with E-state index in [0.717, 1.165) is 0 Å². The van der Waals surface area contributed by atoms with E-state index >= 15 is 0 Å². The van der Waals surface area contributed by atoms with Crippen molar-refractivity contribution in [2.24, 2.45) is 10.8 Å². The number of hydrogen-bond acceptors (Lipinski definition) is 4. The second-order valence-electron chi connectivity index (χ2n) is 5.11. The molecular weight excluding hydrogens is 184 g/mol. The molecule has 82 valence electrons. The molecule has 0 rings (SSSR count). The van der Waals surface area contributed by atoms with Crippen molar-refractivity contribution < 1.29 is 19.7 Å².